The summed E-state index contributed by atoms with van der Waals surface area (Å²) in [5.74, 6) is -0.156. The van der Waals surface area contributed by atoms with Crippen molar-refractivity contribution in [3.63, 3.8) is 0 Å². The van der Waals surface area contributed by atoms with E-state index < -0.39 is 0 Å². The number of carbonyl (C=O) groups is 1. The normalized spacial score (nSPS) is 11.5. The molecule has 0 unspecified atom stereocenters. The lowest BCUT2D eigenvalue weighted by atomic mass is 10.0. The molecule has 3 aromatic rings. The number of benzene rings is 3. The third kappa shape index (κ3) is 3.81. The van der Waals surface area contributed by atoms with Crippen molar-refractivity contribution in [2.45, 2.75) is 13.3 Å². The van der Waals surface area contributed by atoms with Gasteiger partial charge in [0.15, 0.2) is 0 Å². The summed E-state index contributed by atoms with van der Waals surface area (Å²) < 4.78 is 0. The van der Waals surface area contributed by atoms with Gasteiger partial charge in [0.2, 0.25) is 5.91 Å². The average molecular weight is 337 g/mol. The monoisotopic (exact) mass is 336 g/mol. The van der Waals surface area contributed by atoms with Crippen LogP contribution >= 0.6 is 11.6 Å². The van der Waals surface area contributed by atoms with Gasteiger partial charge in [-0.25, -0.2) is 5.43 Å². The highest BCUT2D eigenvalue weighted by atomic mass is 35.5. The maximum atomic E-state index is 12.0. The van der Waals surface area contributed by atoms with Gasteiger partial charge in [-0.2, -0.15) is 5.10 Å². The van der Waals surface area contributed by atoms with Gasteiger partial charge in [-0.3, -0.25) is 4.79 Å². The topological polar surface area (TPSA) is 41.5 Å². The van der Waals surface area contributed by atoms with Gasteiger partial charge in [0, 0.05) is 10.6 Å². The molecule has 3 rings (SSSR count). The van der Waals surface area contributed by atoms with Crippen molar-refractivity contribution in [1.29, 1.82) is 0 Å². The summed E-state index contributed by atoms with van der Waals surface area (Å²) in [4.78, 5) is 12.0. The molecule has 0 fully saturated rings. The Bertz CT molecular complexity index is 896. The van der Waals surface area contributed by atoms with Crippen LogP contribution in [0.4, 0.5) is 0 Å². The smallest absolute Gasteiger partial charge is 0.244 e. The van der Waals surface area contributed by atoms with E-state index in [1.807, 2.05) is 43.3 Å². The van der Waals surface area contributed by atoms with Crippen LogP contribution in [0.3, 0.4) is 0 Å². The van der Waals surface area contributed by atoms with Crippen LogP contribution in [0.25, 0.3) is 10.8 Å². The molecule has 0 radical (unpaired) electrons. The van der Waals surface area contributed by atoms with Crippen molar-refractivity contribution in [3.05, 3.63) is 82.9 Å². The number of hydrogen-bond acceptors (Lipinski definition) is 2. The molecule has 120 valence electrons. The molecule has 1 N–H and O–H groups in total. The number of fused-ring (bicyclic) bond motifs is 1. The maximum absolute atomic E-state index is 12.0. The first-order chi connectivity index (χ1) is 11.6. The number of nitrogens with one attached hydrogen (secondary N) is 1. The molecular formula is C20H17ClN2O. The summed E-state index contributed by atoms with van der Waals surface area (Å²) in [5.41, 5.74) is 5.31. The molecule has 0 bridgehead atoms. The van der Waals surface area contributed by atoms with Crippen molar-refractivity contribution in [2.75, 3.05) is 0 Å². The zero-order chi connectivity index (χ0) is 16.9. The number of hydrazone groups is 1. The summed E-state index contributed by atoms with van der Waals surface area (Å²) in [6, 6.07) is 21.4. The van der Waals surface area contributed by atoms with Crippen molar-refractivity contribution >= 4 is 34.0 Å². The summed E-state index contributed by atoms with van der Waals surface area (Å²) in [6.45, 7) is 1.89. The molecule has 0 aromatic heterocycles. The Morgan fingerprint density at radius 3 is 2.50 bits per heavy atom. The van der Waals surface area contributed by atoms with Crippen LogP contribution in [0.5, 0.6) is 0 Å². The fourth-order valence-corrected chi connectivity index (χ4v) is 2.70. The standard InChI is InChI=1S/C20H17ClN2O/c1-14(18-8-4-6-16-5-2-3-7-19(16)18)22-23-20(24)13-15-9-11-17(21)12-10-15/h2-12H,13H2,1H3,(H,23,24)/b22-14+. The Kier molecular flexibility index (Phi) is 4.92. The minimum atomic E-state index is -0.156. The first-order valence-electron chi connectivity index (χ1n) is 7.69. The van der Waals surface area contributed by atoms with E-state index in [-0.39, 0.29) is 12.3 Å². The molecule has 3 nitrogen and oxygen atoms in total. The number of hydrogen-bond donors (Lipinski definition) is 1. The summed E-state index contributed by atoms with van der Waals surface area (Å²) in [6.07, 6.45) is 0.267. The van der Waals surface area contributed by atoms with E-state index in [1.54, 1.807) is 12.1 Å². The van der Waals surface area contributed by atoms with Gasteiger partial charge in [-0.1, -0.05) is 66.2 Å². The quantitative estimate of drug-likeness (QED) is 0.550. The first kappa shape index (κ1) is 16.2. The van der Waals surface area contributed by atoms with Crippen molar-refractivity contribution in [3.8, 4) is 0 Å². The maximum Gasteiger partial charge on any atom is 0.244 e. The average Bonchev–Trinajstić information content (AvgIpc) is 2.61. The van der Waals surface area contributed by atoms with E-state index in [0.29, 0.717) is 5.02 Å². The molecule has 3 aromatic carbocycles. The second-order valence-corrected chi connectivity index (χ2v) is 6.00. The van der Waals surface area contributed by atoms with Crippen LogP contribution < -0.4 is 5.43 Å². The summed E-state index contributed by atoms with van der Waals surface area (Å²) in [5, 5.41) is 7.17. The second kappa shape index (κ2) is 7.28. The number of rotatable bonds is 4. The lowest BCUT2D eigenvalue weighted by Crippen LogP contribution is -2.21. The number of nitrogens with zero attached hydrogens (tertiary/aromatic N) is 1. The van der Waals surface area contributed by atoms with E-state index >= 15 is 0 Å². The molecule has 0 aliphatic carbocycles. The van der Waals surface area contributed by atoms with Gasteiger partial charge in [-0.05, 0) is 35.4 Å². The van der Waals surface area contributed by atoms with E-state index in [9.17, 15) is 4.79 Å². The Hall–Kier alpha value is -2.65. The Labute approximate surface area is 146 Å². The van der Waals surface area contributed by atoms with Gasteiger partial charge in [0.05, 0.1) is 12.1 Å². The van der Waals surface area contributed by atoms with Gasteiger partial charge >= 0.3 is 0 Å². The Balaban J connectivity index is 1.73. The predicted octanol–water partition coefficient (Wildman–Crippen LogP) is 4.58. The van der Waals surface area contributed by atoms with Crippen molar-refractivity contribution < 1.29 is 4.79 Å². The molecule has 0 aliphatic heterocycles. The van der Waals surface area contributed by atoms with E-state index in [4.69, 9.17) is 11.6 Å². The van der Waals surface area contributed by atoms with E-state index in [0.717, 1.165) is 27.6 Å². The zero-order valence-corrected chi connectivity index (χ0v) is 14.0. The molecule has 4 heteroatoms. The fourth-order valence-electron chi connectivity index (χ4n) is 2.57. The largest absolute Gasteiger partial charge is 0.273 e. The minimum Gasteiger partial charge on any atom is -0.273 e. The molecule has 0 saturated heterocycles. The number of carbonyl (C=O) groups excluding carboxylic acids is 1. The van der Waals surface area contributed by atoms with Crippen LogP contribution in [0.2, 0.25) is 5.02 Å². The zero-order valence-electron chi connectivity index (χ0n) is 13.3. The number of amides is 1. The van der Waals surface area contributed by atoms with Crippen LogP contribution in [0.15, 0.2) is 71.8 Å². The SMILES string of the molecule is C/C(=N\NC(=O)Cc1ccc(Cl)cc1)c1cccc2ccccc12. The molecule has 1 amide bonds. The van der Waals surface area contributed by atoms with Gasteiger partial charge in [-0.15, -0.1) is 0 Å². The van der Waals surface area contributed by atoms with Crippen LogP contribution in [-0.4, -0.2) is 11.6 Å². The van der Waals surface area contributed by atoms with E-state index in [2.05, 4.69) is 28.7 Å². The fraction of sp³-hybridized carbons (Fsp3) is 0.100. The third-order valence-electron chi connectivity index (χ3n) is 3.81. The second-order valence-electron chi connectivity index (χ2n) is 5.56. The van der Waals surface area contributed by atoms with Gasteiger partial charge in [0.25, 0.3) is 0 Å². The van der Waals surface area contributed by atoms with Crippen LogP contribution in [0.1, 0.15) is 18.1 Å². The molecule has 0 heterocycles. The molecular weight excluding hydrogens is 320 g/mol. The molecule has 0 spiro atoms. The number of halogens is 1. The molecule has 24 heavy (non-hydrogen) atoms. The van der Waals surface area contributed by atoms with Crippen LogP contribution in [-0.2, 0) is 11.2 Å². The highest BCUT2D eigenvalue weighted by molar-refractivity contribution is 6.30. The lowest BCUT2D eigenvalue weighted by molar-refractivity contribution is -0.120. The predicted molar refractivity (Wildman–Crippen MR) is 99.5 cm³/mol. The Morgan fingerprint density at radius 2 is 1.71 bits per heavy atom. The highest BCUT2D eigenvalue weighted by Gasteiger charge is 2.06. The highest BCUT2D eigenvalue weighted by Crippen LogP contribution is 2.19. The third-order valence-corrected chi connectivity index (χ3v) is 4.06. The summed E-state index contributed by atoms with van der Waals surface area (Å²) in [7, 11) is 0. The van der Waals surface area contributed by atoms with E-state index in [1.165, 1.54) is 0 Å². The minimum absolute atomic E-state index is 0.156. The Morgan fingerprint density at radius 1 is 1.00 bits per heavy atom. The van der Waals surface area contributed by atoms with Gasteiger partial charge < -0.3 is 0 Å². The molecule has 0 atom stereocenters. The van der Waals surface area contributed by atoms with Crippen molar-refractivity contribution in [2.24, 2.45) is 5.10 Å². The lowest BCUT2D eigenvalue weighted by Gasteiger charge is -2.07. The first-order valence-corrected chi connectivity index (χ1v) is 8.07. The summed E-state index contributed by atoms with van der Waals surface area (Å²) >= 11 is 5.84. The van der Waals surface area contributed by atoms with Crippen LogP contribution in [0, 0.1) is 0 Å². The van der Waals surface area contributed by atoms with Crippen molar-refractivity contribution in [1.82, 2.24) is 5.43 Å². The molecule has 0 saturated carbocycles. The van der Waals surface area contributed by atoms with Gasteiger partial charge in [0.1, 0.15) is 0 Å². The molecule has 0 aliphatic rings.